The predicted molar refractivity (Wildman–Crippen MR) is 79.0 cm³/mol. The highest BCUT2D eigenvalue weighted by atomic mass is 16.5. The number of aromatic amines is 1. The number of methoxy groups -OCH3 is 3. The van der Waals surface area contributed by atoms with E-state index < -0.39 is 0 Å². The molecule has 0 fully saturated rings. The zero-order chi connectivity index (χ0) is 14.8. The number of imidazole rings is 1. The molecule has 0 spiro atoms. The molecule has 0 amide bonds. The summed E-state index contributed by atoms with van der Waals surface area (Å²) in [4.78, 5) is 11.8. The lowest BCUT2D eigenvalue weighted by atomic mass is 10.1. The number of benzene rings is 1. The fourth-order valence-corrected chi connectivity index (χ4v) is 2.27. The van der Waals surface area contributed by atoms with E-state index in [-0.39, 0.29) is 0 Å². The van der Waals surface area contributed by atoms with E-state index >= 15 is 0 Å². The van der Waals surface area contributed by atoms with E-state index in [1.165, 1.54) is 0 Å². The van der Waals surface area contributed by atoms with Gasteiger partial charge in [-0.25, -0.2) is 4.98 Å². The lowest BCUT2D eigenvalue weighted by Crippen LogP contribution is -1.97. The van der Waals surface area contributed by atoms with Gasteiger partial charge in [0.1, 0.15) is 11.3 Å². The van der Waals surface area contributed by atoms with Crippen LogP contribution in [0.25, 0.3) is 22.4 Å². The van der Waals surface area contributed by atoms with Crippen LogP contribution in [0.1, 0.15) is 0 Å². The van der Waals surface area contributed by atoms with Crippen LogP contribution >= 0.6 is 0 Å². The second-order valence-electron chi connectivity index (χ2n) is 4.36. The number of ether oxygens (including phenoxy) is 3. The van der Waals surface area contributed by atoms with Crippen molar-refractivity contribution in [3.8, 4) is 28.6 Å². The molecule has 1 N–H and O–H groups in total. The van der Waals surface area contributed by atoms with Gasteiger partial charge in [-0.3, -0.25) is 4.98 Å². The molecule has 6 heteroatoms. The Morgan fingerprint density at radius 2 is 1.76 bits per heavy atom. The SMILES string of the molecule is COc1ccc(-c2nc3cnccc3[nH]2)c(OC)c1OC. The first-order chi connectivity index (χ1) is 10.3. The molecule has 1 aromatic carbocycles. The molecule has 0 radical (unpaired) electrons. The van der Waals surface area contributed by atoms with Gasteiger partial charge >= 0.3 is 0 Å². The summed E-state index contributed by atoms with van der Waals surface area (Å²) in [7, 11) is 4.75. The van der Waals surface area contributed by atoms with Gasteiger partial charge in [0.05, 0.1) is 38.6 Å². The monoisotopic (exact) mass is 285 g/mol. The highest BCUT2D eigenvalue weighted by Gasteiger charge is 2.19. The normalized spacial score (nSPS) is 10.6. The highest BCUT2D eigenvalue weighted by Crippen LogP contribution is 2.43. The van der Waals surface area contributed by atoms with Gasteiger partial charge in [-0.2, -0.15) is 0 Å². The number of pyridine rings is 1. The molecule has 0 aliphatic heterocycles. The van der Waals surface area contributed by atoms with Crippen molar-refractivity contribution in [1.29, 1.82) is 0 Å². The Morgan fingerprint density at radius 3 is 2.43 bits per heavy atom. The molecule has 2 aromatic heterocycles. The van der Waals surface area contributed by atoms with Crippen LogP contribution in [0.15, 0.2) is 30.6 Å². The molecule has 3 aromatic rings. The van der Waals surface area contributed by atoms with Gasteiger partial charge in [-0.05, 0) is 18.2 Å². The summed E-state index contributed by atoms with van der Waals surface area (Å²) < 4.78 is 16.2. The zero-order valence-electron chi connectivity index (χ0n) is 12.0. The zero-order valence-corrected chi connectivity index (χ0v) is 12.0. The number of H-pyrrole nitrogens is 1. The van der Waals surface area contributed by atoms with Gasteiger partial charge in [0, 0.05) is 6.20 Å². The van der Waals surface area contributed by atoms with Gasteiger partial charge < -0.3 is 19.2 Å². The summed E-state index contributed by atoms with van der Waals surface area (Å²) in [6, 6.07) is 5.58. The van der Waals surface area contributed by atoms with Crippen LogP contribution in [0.3, 0.4) is 0 Å². The number of fused-ring (bicyclic) bond motifs is 1. The van der Waals surface area contributed by atoms with Gasteiger partial charge in [0.15, 0.2) is 11.5 Å². The number of nitrogens with one attached hydrogen (secondary N) is 1. The molecular formula is C15H15N3O3. The van der Waals surface area contributed by atoms with Crippen LogP contribution in [0.4, 0.5) is 0 Å². The molecule has 0 bridgehead atoms. The van der Waals surface area contributed by atoms with E-state index in [9.17, 15) is 0 Å². The molecule has 0 aliphatic rings. The van der Waals surface area contributed by atoms with E-state index in [1.54, 1.807) is 33.7 Å². The summed E-state index contributed by atoms with van der Waals surface area (Å²) in [5.41, 5.74) is 2.51. The largest absolute Gasteiger partial charge is 0.493 e. The topological polar surface area (TPSA) is 69.3 Å². The van der Waals surface area contributed by atoms with E-state index in [4.69, 9.17) is 14.2 Å². The number of aromatic nitrogens is 3. The second-order valence-corrected chi connectivity index (χ2v) is 4.36. The van der Waals surface area contributed by atoms with E-state index in [2.05, 4.69) is 15.0 Å². The van der Waals surface area contributed by atoms with Crippen LogP contribution in [-0.2, 0) is 0 Å². The van der Waals surface area contributed by atoms with Crippen LogP contribution in [0.2, 0.25) is 0 Å². The first-order valence-electron chi connectivity index (χ1n) is 6.37. The summed E-state index contributed by atoms with van der Waals surface area (Å²) in [6.07, 6.45) is 3.43. The predicted octanol–water partition coefficient (Wildman–Crippen LogP) is 2.65. The standard InChI is InChI=1S/C15H15N3O3/c1-19-12-5-4-9(13(20-2)14(12)21-3)15-17-10-6-7-16-8-11(10)18-15/h4-8H,1-3H3,(H,17,18). The minimum absolute atomic E-state index is 0.538. The minimum Gasteiger partial charge on any atom is -0.493 e. The van der Waals surface area contributed by atoms with Crippen LogP contribution in [0, 0.1) is 0 Å². The first-order valence-corrected chi connectivity index (χ1v) is 6.37. The third-order valence-corrected chi connectivity index (χ3v) is 3.24. The molecule has 3 rings (SSSR count). The van der Waals surface area contributed by atoms with Gasteiger partial charge in [0.25, 0.3) is 0 Å². The Balaban J connectivity index is 2.21. The molecule has 21 heavy (non-hydrogen) atoms. The minimum atomic E-state index is 0.538. The van der Waals surface area contributed by atoms with Gasteiger partial charge in [-0.1, -0.05) is 0 Å². The number of hydrogen-bond donors (Lipinski definition) is 1. The fraction of sp³-hybridized carbons (Fsp3) is 0.200. The average Bonchev–Trinajstić information content (AvgIpc) is 2.96. The Morgan fingerprint density at radius 1 is 0.952 bits per heavy atom. The lowest BCUT2D eigenvalue weighted by Gasteiger charge is -2.14. The summed E-state index contributed by atoms with van der Waals surface area (Å²) in [5.74, 6) is 2.41. The molecule has 6 nitrogen and oxygen atoms in total. The third kappa shape index (κ3) is 2.14. The highest BCUT2D eigenvalue weighted by molar-refractivity contribution is 5.81. The number of nitrogens with zero attached hydrogens (tertiary/aromatic N) is 2. The van der Waals surface area contributed by atoms with E-state index in [0.29, 0.717) is 23.1 Å². The van der Waals surface area contributed by atoms with Crippen LogP contribution in [0.5, 0.6) is 17.2 Å². The Kier molecular flexibility index (Phi) is 3.35. The average molecular weight is 285 g/mol. The smallest absolute Gasteiger partial charge is 0.204 e. The van der Waals surface area contributed by atoms with Gasteiger partial charge in [-0.15, -0.1) is 0 Å². The summed E-state index contributed by atoms with van der Waals surface area (Å²) >= 11 is 0. The molecule has 0 unspecified atom stereocenters. The number of hydrogen-bond acceptors (Lipinski definition) is 5. The van der Waals surface area contributed by atoms with Crippen molar-refractivity contribution in [2.45, 2.75) is 0 Å². The fourth-order valence-electron chi connectivity index (χ4n) is 2.27. The van der Waals surface area contributed by atoms with Crippen LogP contribution in [-0.4, -0.2) is 36.3 Å². The Bertz CT molecular complexity index is 750. The maximum Gasteiger partial charge on any atom is 0.204 e. The van der Waals surface area contributed by atoms with Crippen molar-refractivity contribution < 1.29 is 14.2 Å². The molecule has 2 heterocycles. The maximum absolute atomic E-state index is 5.48. The van der Waals surface area contributed by atoms with Crippen molar-refractivity contribution in [1.82, 2.24) is 15.0 Å². The van der Waals surface area contributed by atoms with Gasteiger partial charge in [0.2, 0.25) is 5.75 Å². The summed E-state index contributed by atoms with van der Waals surface area (Å²) in [5, 5.41) is 0. The molecule has 108 valence electrons. The Labute approximate surface area is 121 Å². The van der Waals surface area contributed by atoms with Crippen molar-refractivity contribution in [2.75, 3.05) is 21.3 Å². The van der Waals surface area contributed by atoms with Crippen molar-refractivity contribution in [2.24, 2.45) is 0 Å². The molecule has 0 saturated heterocycles. The molecule has 0 atom stereocenters. The lowest BCUT2D eigenvalue weighted by molar-refractivity contribution is 0.325. The van der Waals surface area contributed by atoms with Crippen LogP contribution < -0.4 is 14.2 Å². The molecular weight excluding hydrogens is 270 g/mol. The molecule has 0 saturated carbocycles. The molecule has 0 aliphatic carbocycles. The van der Waals surface area contributed by atoms with Crippen molar-refractivity contribution >= 4 is 11.0 Å². The number of rotatable bonds is 4. The quantitative estimate of drug-likeness (QED) is 0.798. The Hall–Kier alpha value is -2.76. The van der Waals surface area contributed by atoms with Crippen molar-refractivity contribution in [3.05, 3.63) is 30.6 Å². The third-order valence-electron chi connectivity index (χ3n) is 3.24. The van der Waals surface area contributed by atoms with Crippen molar-refractivity contribution in [3.63, 3.8) is 0 Å². The van der Waals surface area contributed by atoms with E-state index in [0.717, 1.165) is 16.6 Å². The summed E-state index contributed by atoms with van der Waals surface area (Å²) in [6.45, 7) is 0. The van der Waals surface area contributed by atoms with E-state index in [1.807, 2.05) is 18.2 Å². The first kappa shape index (κ1) is 13.2. The second kappa shape index (κ2) is 5.32. The maximum atomic E-state index is 5.48.